The van der Waals surface area contributed by atoms with Crippen LogP contribution in [0.4, 0.5) is 13.2 Å². The van der Waals surface area contributed by atoms with Crippen LogP contribution < -0.4 is 15.9 Å². The third kappa shape index (κ3) is 8.86. The van der Waals surface area contributed by atoms with Gasteiger partial charge in [-0.05, 0) is 173 Å². The van der Waals surface area contributed by atoms with Gasteiger partial charge in [0.15, 0.2) is 0 Å². The highest BCUT2D eigenvalue weighted by Crippen LogP contribution is 2.40. The van der Waals surface area contributed by atoms with Gasteiger partial charge in [-0.1, -0.05) is 30.3 Å². The molecule has 0 fully saturated rings. The number of hydrogen-bond donors (Lipinski definition) is 1. The molecule has 3 nitrogen and oxygen atoms in total. The Bertz CT molecular complexity index is 1150. The lowest BCUT2D eigenvalue weighted by molar-refractivity contribution is -0.0510. The second kappa shape index (κ2) is 13.3. The van der Waals surface area contributed by atoms with Crippen molar-refractivity contribution in [2.24, 2.45) is 0 Å². The van der Waals surface area contributed by atoms with Crippen molar-refractivity contribution in [1.29, 1.82) is 0 Å². The fraction of sp³-hybridized carbons (Fsp3) is 0.0526. The van der Waals surface area contributed by atoms with Crippen molar-refractivity contribution in [3.05, 3.63) is 76.0 Å². The minimum absolute atomic E-state index is 0.591. The number of alkyl halides is 3. The van der Waals surface area contributed by atoms with Crippen LogP contribution in [0, 0.1) is 21.4 Å². The molecule has 0 aliphatic rings. The molecule has 0 aromatic heterocycles. The topological polar surface area (TPSA) is 54.4 Å². The first-order valence-electron chi connectivity index (χ1n) is 8.31. The minimum Gasteiger partial charge on any atom is -0.279 e. The third-order valence-corrected chi connectivity index (χ3v) is 13.3. The molecule has 0 aliphatic heterocycles. The SMILES string of the molecule is Ic1cc(I)c(P(c2ccccc2)c2c(I)cc(I)cc2I)c(I)c1.O=S(=O)(O)C(F)(F)F. The second-order valence-electron chi connectivity index (χ2n) is 6.03. The summed E-state index contributed by atoms with van der Waals surface area (Å²) < 4.78 is 65.6. The predicted molar refractivity (Wildman–Crippen MR) is 179 cm³/mol. The molecule has 0 heterocycles. The normalized spacial score (nSPS) is 11.8. The molecule has 0 aliphatic carbocycles. The van der Waals surface area contributed by atoms with Gasteiger partial charge in [0, 0.05) is 32.0 Å². The molecule has 0 radical (unpaired) electrons. The lowest BCUT2D eigenvalue weighted by Crippen LogP contribution is -2.28. The maximum atomic E-state index is 10.7. The highest BCUT2D eigenvalue weighted by Gasteiger charge is 2.44. The summed E-state index contributed by atoms with van der Waals surface area (Å²) in [6.07, 6.45) is 0. The average Bonchev–Trinajstić information content (AvgIpc) is 2.65. The molecule has 0 bridgehead atoms. The smallest absolute Gasteiger partial charge is 0.279 e. The van der Waals surface area contributed by atoms with Crippen molar-refractivity contribution in [3.8, 4) is 0 Å². The first-order valence-corrected chi connectivity index (χ1v) is 17.6. The standard InChI is InChI=1S/C18H9I6P.CHF3O3S/c19-10-6-13(21)17(14(22)7-10)25(12-4-2-1-3-5-12)18-15(23)8-11(20)9-16(18)24;2-1(3,4)8(5,6)7/h1-9H;(H,5,6,7). The number of halogens is 9. The Morgan fingerprint density at radius 2 is 1.00 bits per heavy atom. The van der Waals surface area contributed by atoms with E-state index in [2.05, 4.69) is 190 Å². The van der Waals surface area contributed by atoms with Crippen molar-refractivity contribution >= 4 is 169 Å². The van der Waals surface area contributed by atoms with Gasteiger partial charge < -0.3 is 0 Å². The molecule has 0 unspecified atom stereocenters. The van der Waals surface area contributed by atoms with Crippen LogP contribution in [0.25, 0.3) is 0 Å². The van der Waals surface area contributed by atoms with Crippen molar-refractivity contribution < 1.29 is 26.1 Å². The monoisotopic (exact) mass is 1170 g/mol. The van der Waals surface area contributed by atoms with Gasteiger partial charge in [0.2, 0.25) is 0 Å². The Morgan fingerprint density at radius 3 is 1.27 bits per heavy atom. The highest BCUT2D eigenvalue weighted by molar-refractivity contribution is 14.1. The predicted octanol–water partition coefficient (Wildman–Crippen LogP) is 7.47. The van der Waals surface area contributed by atoms with E-state index in [0.29, 0.717) is 0 Å². The summed E-state index contributed by atoms with van der Waals surface area (Å²) in [6.45, 7) is 0. The Balaban J connectivity index is 0.000000414. The van der Waals surface area contributed by atoms with E-state index in [9.17, 15) is 13.2 Å². The summed E-state index contributed by atoms with van der Waals surface area (Å²) >= 11 is 14.9. The molecule has 1 N–H and O–H groups in total. The molecule has 0 saturated carbocycles. The van der Waals surface area contributed by atoms with Crippen LogP contribution in [-0.4, -0.2) is 18.5 Å². The fourth-order valence-electron chi connectivity index (χ4n) is 2.44. The molecule has 178 valence electrons. The molecule has 14 heteroatoms. The first-order chi connectivity index (χ1) is 15.1. The maximum absolute atomic E-state index is 10.7. The molecule has 0 spiro atoms. The van der Waals surface area contributed by atoms with E-state index in [1.54, 1.807) is 0 Å². The van der Waals surface area contributed by atoms with Crippen LogP contribution in [0.3, 0.4) is 0 Å². The zero-order valence-corrected chi connectivity index (χ0v) is 30.4. The van der Waals surface area contributed by atoms with E-state index in [1.165, 1.54) is 37.3 Å². The van der Waals surface area contributed by atoms with Gasteiger partial charge in [-0.25, -0.2) is 0 Å². The molecule has 3 aromatic rings. The van der Waals surface area contributed by atoms with Crippen molar-refractivity contribution in [2.75, 3.05) is 0 Å². The average molecular weight is 1170 g/mol. The third-order valence-electron chi connectivity index (χ3n) is 3.72. The summed E-state index contributed by atoms with van der Waals surface area (Å²) in [5, 5.41) is 4.35. The summed E-state index contributed by atoms with van der Waals surface area (Å²) in [5.41, 5.74) is -5.53. The van der Waals surface area contributed by atoms with Gasteiger partial charge in [-0.3, -0.25) is 4.55 Å². The molecular weight excluding hydrogens is 1160 g/mol. The van der Waals surface area contributed by atoms with E-state index >= 15 is 0 Å². The van der Waals surface area contributed by atoms with Crippen LogP contribution in [0.5, 0.6) is 0 Å². The largest absolute Gasteiger partial charge is 0.522 e. The van der Waals surface area contributed by atoms with Crippen LogP contribution in [0.1, 0.15) is 0 Å². The van der Waals surface area contributed by atoms with Gasteiger partial charge in [-0.15, -0.1) is 0 Å². The van der Waals surface area contributed by atoms with Gasteiger partial charge >= 0.3 is 15.6 Å². The lowest BCUT2D eigenvalue weighted by Gasteiger charge is -2.25. The zero-order valence-electron chi connectivity index (χ0n) is 15.7. The van der Waals surface area contributed by atoms with E-state index in [1.807, 2.05) is 0 Å². The Morgan fingerprint density at radius 1 is 0.697 bits per heavy atom. The zero-order chi connectivity index (χ0) is 25.1. The first kappa shape index (κ1) is 31.4. The number of rotatable bonds is 3. The maximum Gasteiger partial charge on any atom is 0.522 e. The molecule has 3 aromatic carbocycles. The molecule has 33 heavy (non-hydrogen) atoms. The highest BCUT2D eigenvalue weighted by atomic mass is 127. The van der Waals surface area contributed by atoms with E-state index in [-0.39, 0.29) is 0 Å². The summed E-state index contributed by atoms with van der Waals surface area (Å²) in [7, 11) is -6.43. The van der Waals surface area contributed by atoms with Gasteiger partial charge in [0.05, 0.1) is 0 Å². The van der Waals surface area contributed by atoms with Crippen molar-refractivity contribution in [1.82, 2.24) is 0 Å². The minimum atomic E-state index is -5.84. The summed E-state index contributed by atoms with van der Waals surface area (Å²) in [6, 6.07) is 20.1. The van der Waals surface area contributed by atoms with Crippen LogP contribution in [-0.2, 0) is 10.1 Å². The fourth-order valence-corrected chi connectivity index (χ4v) is 14.8. The molecular formula is C19H10F3I6O3PS. The van der Waals surface area contributed by atoms with Crippen LogP contribution in [0.2, 0.25) is 0 Å². The molecule has 0 saturated heterocycles. The van der Waals surface area contributed by atoms with Gasteiger partial charge in [0.1, 0.15) is 0 Å². The van der Waals surface area contributed by atoms with Gasteiger partial charge in [-0.2, -0.15) is 21.6 Å². The lowest BCUT2D eigenvalue weighted by atomic mass is 10.3. The van der Waals surface area contributed by atoms with E-state index < -0.39 is 23.5 Å². The quantitative estimate of drug-likeness (QED) is 0.128. The summed E-state index contributed by atoms with van der Waals surface area (Å²) in [5.74, 6) is 0. The summed E-state index contributed by atoms with van der Waals surface area (Å²) in [4.78, 5) is 0. The Hall–Kier alpha value is 2.17. The van der Waals surface area contributed by atoms with E-state index in [4.69, 9.17) is 13.0 Å². The Kier molecular flexibility index (Phi) is 12.6. The second-order valence-corrected chi connectivity index (χ2v) is 16.7. The molecule has 0 atom stereocenters. The van der Waals surface area contributed by atoms with Crippen LogP contribution >= 0.6 is 143 Å². The van der Waals surface area contributed by atoms with Gasteiger partial charge in [0.25, 0.3) is 0 Å². The number of benzene rings is 3. The van der Waals surface area contributed by atoms with Crippen LogP contribution in [0.15, 0.2) is 54.6 Å². The van der Waals surface area contributed by atoms with Crippen molar-refractivity contribution in [2.45, 2.75) is 5.51 Å². The van der Waals surface area contributed by atoms with Crippen molar-refractivity contribution in [3.63, 3.8) is 0 Å². The van der Waals surface area contributed by atoms with E-state index in [0.717, 1.165) is 0 Å². The Labute approximate surface area is 272 Å². The molecule has 0 amide bonds. The number of hydrogen-bond acceptors (Lipinski definition) is 2. The molecule has 3 rings (SSSR count).